The van der Waals surface area contributed by atoms with Gasteiger partial charge in [0.05, 0.1) is 23.9 Å². The van der Waals surface area contributed by atoms with E-state index in [1.54, 1.807) is 7.11 Å². The van der Waals surface area contributed by atoms with E-state index in [4.69, 9.17) is 9.47 Å². The van der Waals surface area contributed by atoms with E-state index in [2.05, 4.69) is 10.4 Å². The van der Waals surface area contributed by atoms with Gasteiger partial charge in [-0.1, -0.05) is 0 Å². The number of nitrogens with one attached hydrogen (secondary N) is 1. The van der Waals surface area contributed by atoms with Gasteiger partial charge in [0.25, 0.3) is 0 Å². The maximum absolute atomic E-state index is 10.0. The van der Waals surface area contributed by atoms with Crippen LogP contribution >= 0.6 is 0 Å². The molecule has 1 aliphatic heterocycles. The fourth-order valence-electron chi connectivity index (χ4n) is 3.29. The number of rotatable bonds is 5. The summed E-state index contributed by atoms with van der Waals surface area (Å²) in [6.45, 7) is 4.31. The Morgan fingerprint density at radius 2 is 2.29 bits per heavy atom. The van der Waals surface area contributed by atoms with Crippen molar-refractivity contribution in [1.82, 2.24) is 15.1 Å². The standard InChI is InChI=1S/C15H25N3O3/c1-11-8-17-18(9-11)14-12(7-13(14)19)16-10-15(20-2)3-5-21-6-4-15/h8-9,12-14,16,19H,3-7,10H2,1-2H3/t12-,13+,14+/m0/s1. The van der Waals surface area contributed by atoms with Crippen LogP contribution in [0.25, 0.3) is 0 Å². The van der Waals surface area contributed by atoms with Crippen LogP contribution in [0, 0.1) is 6.92 Å². The molecule has 0 radical (unpaired) electrons. The van der Waals surface area contributed by atoms with Gasteiger partial charge in [-0.3, -0.25) is 4.68 Å². The van der Waals surface area contributed by atoms with Gasteiger partial charge in [0, 0.05) is 51.9 Å². The average Bonchev–Trinajstić information content (AvgIpc) is 2.89. The fourth-order valence-corrected chi connectivity index (χ4v) is 3.29. The first-order valence-electron chi connectivity index (χ1n) is 7.69. The van der Waals surface area contributed by atoms with E-state index in [-0.39, 0.29) is 23.8 Å². The van der Waals surface area contributed by atoms with Gasteiger partial charge in [-0.25, -0.2) is 0 Å². The zero-order valence-corrected chi connectivity index (χ0v) is 12.8. The number of hydrogen-bond acceptors (Lipinski definition) is 5. The summed E-state index contributed by atoms with van der Waals surface area (Å²) in [5.41, 5.74) is 0.981. The van der Waals surface area contributed by atoms with Crippen molar-refractivity contribution in [2.24, 2.45) is 0 Å². The minimum Gasteiger partial charge on any atom is -0.391 e. The second-order valence-electron chi connectivity index (χ2n) is 6.28. The maximum Gasteiger partial charge on any atom is 0.0932 e. The van der Waals surface area contributed by atoms with Crippen LogP contribution < -0.4 is 5.32 Å². The van der Waals surface area contributed by atoms with Gasteiger partial charge in [-0.15, -0.1) is 0 Å². The monoisotopic (exact) mass is 295 g/mol. The topological polar surface area (TPSA) is 68.5 Å². The Kier molecular flexibility index (Phi) is 4.31. The zero-order chi connectivity index (χ0) is 14.9. The third kappa shape index (κ3) is 2.99. The molecule has 6 nitrogen and oxygen atoms in total. The van der Waals surface area contributed by atoms with E-state index >= 15 is 0 Å². The summed E-state index contributed by atoms with van der Waals surface area (Å²) in [6.07, 6.45) is 6.09. The molecule has 0 aromatic carbocycles. The molecule has 21 heavy (non-hydrogen) atoms. The molecule has 1 aromatic rings. The van der Waals surface area contributed by atoms with Crippen LogP contribution in [0.3, 0.4) is 0 Å². The molecule has 0 unspecified atom stereocenters. The van der Waals surface area contributed by atoms with E-state index in [1.165, 1.54) is 0 Å². The van der Waals surface area contributed by atoms with Crippen molar-refractivity contribution >= 4 is 0 Å². The Labute approximate surface area is 125 Å². The summed E-state index contributed by atoms with van der Waals surface area (Å²) >= 11 is 0. The Hall–Kier alpha value is -0.950. The molecule has 0 bridgehead atoms. The lowest BCUT2D eigenvalue weighted by molar-refractivity contribution is -0.0950. The Bertz CT molecular complexity index is 470. The molecule has 1 saturated heterocycles. The van der Waals surface area contributed by atoms with Crippen molar-refractivity contribution < 1.29 is 14.6 Å². The number of aryl methyl sites for hydroxylation is 1. The quantitative estimate of drug-likeness (QED) is 0.835. The second kappa shape index (κ2) is 6.04. The third-order valence-corrected chi connectivity index (χ3v) is 4.86. The van der Waals surface area contributed by atoms with Gasteiger partial charge in [-0.05, 0) is 18.9 Å². The maximum atomic E-state index is 10.0. The van der Waals surface area contributed by atoms with Crippen LogP contribution in [0.15, 0.2) is 12.4 Å². The molecular formula is C15H25N3O3. The van der Waals surface area contributed by atoms with Crippen molar-refractivity contribution in [3.63, 3.8) is 0 Å². The van der Waals surface area contributed by atoms with E-state index in [1.807, 2.05) is 24.0 Å². The lowest BCUT2D eigenvalue weighted by atomic mass is 9.82. The molecule has 1 aliphatic carbocycles. The minimum atomic E-state index is -0.324. The summed E-state index contributed by atoms with van der Waals surface area (Å²) in [5, 5.41) is 18.0. The minimum absolute atomic E-state index is 0.0208. The van der Waals surface area contributed by atoms with Crippen LogP contribution in [-0.4, -0.2) is 59.5 Å². The van der Waals surface area contributed by atoms with Crippen molar-refractivity contribution in [2.75, 3.05) is 26.9 Å². The summed E-state index contributed by atoms with van der Waals surface area (Å²) in [4.78, 5) is 0. The summed E-state index contributed by atoms with van der Waals surface area (Å²) in [7, 11) is 1.77. The number of aliphatic hydroxyl groups is 1. The highest BCUT2D eigenvalue weighted by Crippen LogP contribution is 2.33. The number of aliphatic hydroxyl groups excluding tert-OH is 1. The van der Waals surface area contributed by atoms with E-state index < -0.39 is 0 Å². The number of nitrogens with zero attached hydrogens (tertiary/aromatic N) is 2. The molecule has 2 heterocycles. The molecule has 1 saturated carbocycles. The third-order valence-electron chi connectivity index (χ3n) is 4.86. The van der Waals surface area contributed by atoms with E-state index in [0.29, 0.717) is 0 Å². The summed E-state index contributed by atoms with van der Waals surface area (Å²) < 4.78 is 13.0. The van der Waals surface area contributed by atoms with Gasteiger partial charge in [-0.2, -0.15) is 5.10 Å². The van der Waals surface area contributed by atoms with Crippen LogP contribution in [0.4, 0.5) is 0 Å². The molecule has 1 aromatic heterocycles. The van der Waals surface area contributed by atoms with Crippen LogP contribution in [0.5, 0.6) is 0 Å². The molecule has 6 heteroatoms. The molecular weight excluding hydrogens is 270 g/mol. The molecule has 118 valence electrons. The summed E-state index contributed by atoms with van der Waals surface area (Å²) in [5.74, 6) is 0. The molecule has 0 spiro atoms. The highest BCUT2D eigenvalue weighted by Gasteiger charge is 2.43. The highest BCUT2D eigenvalue weighted by atomic mass is 16.5. The molecule has 2 aliphatic rings. The molecule has 2 fully saturated rings. The Morgan fingerprint density at radius 1 is 1.52 bits per heavy atom. The first-order valence-corrected chi connectivity index (χ1v) is 7.69. The van der Waals surface area contributed by atoms with Crippen LogP contribution in [0.2, 0.25) is 0 Å². The Balaban J connectivity index is 1.60. The molecule has 2 N–H and O–H groups in total. The number of aromatic nitrogens is 2. The van der Waals surface area contributed by atoms with Gasteiger partial charge < -0.3 is 19.9 Å². The Morgan fingerprint density at radius 3 is 2.86 bits per heavy atom. The predicted molar refractivity (Wildman–Crippen MR) is 78.2 cm³/mol. The first kappa shape index (κ1) is 15.0. The van der Waals surface area contributed by atoms with Gasteiger partial charge in [0.2, 0.25) is 0 Å². The van der Waals surface area contributed by atoms with Crippen molar-refractivity contribution in [3.8, 4) is 0 Å². The van der Waals surface area contributed by atoms with Gasteiger partial charge >= 0.3 is 0 Å². The lowest BCUT2D eigenvalue weighted by Crippen LogP contribution is -2.58. The number of methoxy groups -OCH3 is 1. The van der Waals surface area contributed by atoms with Crippen LogP contribution in [-0.2, 0) is 9.47 Å². The molecule has 0 amide bonds. The van der Waals surface area contributed by atoms with Crippen molar-refractivity contribution in [1.29, 1.82) is 0 Å². The van der Waals surface area contributed by atoms with E-state index in [0.717, 1.165) is 44.6 Å². The number of hydrogen-bond donors (Lipinski definition) is 2. The second-order valence-corrected chi connectivity index (χ2v) is 6.28. The smallest absolute Gasteiger partial charge is 0.0932 e. The van der Waals surface area contributed by atoms with Gasteiger partial charge in [0.1, 0.15) is 0 Å². The predicted octanol–water partition coefficient (Wildman–Crippen LogP) is 0.651. The largest absolute Gasteiger partial charge is 0.391 e. The van der Waals surface area contributed by atoms with Crippen molar-refractivity contribution in [2.45, 2.75) is 50.0 Å². The van der Waals surface area contributed by atoms with Crippen LogP contribution in [0.1, 0.15) is 30.9 Å². The fraction of sp³-hybridized carbons (Fsp3) is 0.800. The number of ether oxygens (including phenoxy) is 2. The summed E-state index contributed by atoms with van der Waals surface area (Å²) in [6, 6.07) is 0.265. The normalized spacial score (nSPS) is 31.9. The molecule has 3 atom stereocenters. The molecule has 3 rings (SSSR count). The average molecular weight is 295 g/mol. The van der Waals surface area contributed by atoms with E-state index in [9.17, 15) is 5.11 Å². The van der Waals surface area contributed by atoms with Crippen molar-refractivity contribution in [3.05, 3.63) is 18.0 Å². The first-order chi connectivity index (χ1) is 10.1. The highest BCUT2D eigenvalue weighted by molar-refractivity contribution is 5.06. The SMILES string of the molecule is COC1(CN[C@H]2C[C@@H](O)[C@@H]2n2cc(C)cn2)CCOCC1. The zero-order valence-electron chi connectivity index (χ0n) is 12.8. The van der Waals surface area contributed by atoms with Gasteiger partial charge in [0.15, 0.2) is 0 Å². The lowest BCUT2D eigenvalue weighted by Gasteiger charge is -2.45.